The summed E-state index contributed by atoms with van der Waals surface area (Å²) in [5.74, 6) is 2.21. The van der Waals surface area contributed by atoms with Crippen LogP contribution in [0.2, 0.25) is 0 Å². The molecular weight excluding hydrogens is 190 g/mol. The molecule has 1 aromatic rings. The van der Waals surface area contributed by atoms with Gasteiger partial charge in [-0.1, -0.05) is 0 Å². The van der Waals surface area contributed by atoms with Gasteiger partial charge in [-0.2, -0.15) is 0 Å². The summed E-state index contributed by atoms with van der Waals surface area (Å²) in [5.41, 5.74) is 5.72. The second-order valence-electron chi connectivity index (χ2n) is 4.09. The van der Waals surface area contributed by atoms with Crippen molar-refractivity contribution in [2.24, 2.45) is 0 Å². The predicted molar refractivity (Wildman–Crippen MR) is 64.0 cm³/mol. The fourth-order valence-corrected chi connectivity index (χ4v) is 1.25. The third-order valence-corrected chi connectivity index (χ3v) is 2.49. The fourth-order valence-electron chi connectivity index (χ4n) is 1.25. The lowest BCUT2D eigenvalue weighted by atomic mass is 10.3. The van der Waals surface area contributed by atoms with E-state index in [1.165, 1.54) is 0 Å². The number of anilines is 2. The van der Waals surface area contributed by atoms with Crippen LogP contribution in [0.25, 0.3) is 0 Å². The first kappa shape index (κ1) is 11.8. The van der Waals surface area contributed by atoms with E-state index >= 15 is 0 Å². The average molecular weight is 211 g/mol. The molecule has 0 aromatic carbocycles. The SMILES string of the molecule is Cc1nc(NCCN(C)C(C)C)c(N)[nH]1. The van der Waals surface area contributed by atoms with Gasteiger partial charge in [0.05, 0.1) is 0 Å². The first-order valence-electron chi connectivity index (χ1n) is 5.27. The minimum atomic E-state index is 0.560. The number of nitrogens with zero attached hydrogens (tertiary/aromatic N) is 2. The summed E-state index contributed by atoms with van der Waals surface area (Å²) in [6, 6.07) is 0.560. The molecule has 4 N–H and O–H groups in total. The monoisotopic (exact) mass is 211 g/mol. The number of likely N-dealkylation sites (N-methyl/N-ethyl adjacent to an activating group) is 1. The van der Waals surface area contributed by atoms with Crippen molar-refractivity contribution in [3.63, 3.8) is 0 Å². The number of nitrogens with two attached hydrogens (primary N) is 1. The summed E-state index contributed by atoms with van der Waals surface area (Å²) in [6.45, 7) is 8.06. The summed E-state index contributed by atoms with van der Waals surface area (Å²) >= 11 is 0. The Labute approximate surface area is 91.1 Å². The van der Waals surface area contributed by atoms with Gasteiger partial charge in [0.25, 0.3) is 0 Å². The normalized spacial score (nSPS) is 11.3. The van der Waals surface area contributed by atoms with Gasteiger partial charge >= 0.3 is 0 Å². The molecule has 0 fully saturated rings. The molecule has 0 saturated heterocycles. The summed E-state index contributed by atoms with van der Waals surface area (Å²) in [6.07, 6.45) is 0. The maximum absolute atomic E-state index is 5.72. The summed E-state index contributed by atoms with van der Waals surface area (Å²) in [7, 11) is 2.10. The second kappa shape index (κ2) is 5.02. The molecular formula is C10H21N5. The molecule has 1 aromatic heterocycles. The number of aromatic amines is 1. The van der Waals surface area contributed by atoms with Crippen molar-refractivity contribution in [2.75, 3.05) is 31.2 Å². The Kier molecular flexibility index (Phi) is 3.96. The minimum absolute atomic E-state index is 0.560. The van der Waals surface area contributed by atoms with Gasteiger partial charge in [-0.3, -0.25) is 0 Å². The van der Waals surface area contributed by atoms with Gasteiger partial charge in [-0.05, 0) is 27.8 Å². The highest BCUT2D eigenvalue weighted by molar-refractivity contribution is 5.56. The molecule has 0 bridgehead atoms. The molecule has 5 heteroatoms. The average Bonchev–Trinajstić information content (AvgIpc) is 2.45. The quantitative estimate of drug-likeness (QED) is 0.681. The van der Waals surface area contributed by atoms with E-state index in [1.54, 1.807) is 0 Å². The van der Waals surface area contributed by atoms with E-state index in [9.17, 15) is 0 Å². The van der Waals surface area contributed by atoms with Crippen molar-refractivity contribution in [1.29, 1.82) is 0 Å². The van der Waals surface area contributed by atoms with E-state index in [2.05, 4.69) is 41.1 Å². The number of aryl methyl sites for hydroxylation is 1. The molecule has 0 saturated carbocycles. The van der Waals surface area contributed by atoms with E-state index < -0.39 is 0 Å². The lowest BCUT2D eigenvalue weighted by Crippen LogP contribution is -2.31. The lowest BCUT2D eigenvalue weighted by molar-refractivity contribution is 0.284. The van der Waals surface area contributed by atoms with Crippen molar-refractivity contribution in [3.05, 3.63) is 5.82 Å². The molecule has 0 aliphatic heterocycles. The summed E-state index contributed by atoms with van der Waals surface area (Å²) in [4.78, 5) is 9.47. The van der Waals surface area contributed by atoms with Gasteiger partial charge in [0.2, 0.25) is 0 Å². The van der Waals surface area contributed by atoms with Crippen molar-refractivity contribution in [1.82, 2.24) is 14.9 Å². The van der Waals surface area contributed by atoms with Crippen LogP contribution >= 0.6 is 0 Å². The zero-order valence-electron chi connectivity index (χ0n) is 9.96. The van der Waals surface area contributed by atoms with Gasteiger partial charge in [0, 0.05) is 19.1 Å². The molecule has 0 unspecified atom stereocenters. The molecule has 0 aliphatic rings. The number of imidazole rings is 1. The highest BCUT2D eigenvalue weighted by Crippen LogP contribution is 2.12. The zero-order chi connectivity index (χ0) is 11.4. The largest absolute Gasteiger partial charge is 0.382 e. The molecule has 1 heterocycles. The van der Waals surface area contributed by atoms with E-state index in [1.807, 2.05) is 6.92 Å². The Bertz CT molecular complexity index is 305. The van der Waals surface area contributed by atoms with Gasteiger partial charge in [0.1, 0.15) is 11.6 Å². The van der Waals surface area contributed by atoms with E-state index in [0.717, 1.165) is 24.7 Å². The molecule has 0 radical (unpaired) electrons. The van der Waals surface area contributed by atoms with Crippen LogP contribution in [0.4, 0.5) is 11.6 Å². The molecule has 15 heavy (non-hydrogen) atoms. The lowest BCUT2D eigenvalue weighted by Gasteiger charge is -2.20. The maximum Gasteiger partial charge on any atom is 0.168 e. The van der Waals surface area contributed by atoms with Crippen molar-refractivity contribution in [2.45, 2.75) is 26.8 Å². The molecule has 0 amide bonds. The standard InChI is InChI=1S/C10H21N5/c1-7(2)15(4)6-5-12-10-9(11)13-8(3)14-10/h7,12H,5-6,11H2,1-4H3,(H,13,14). The van der Waals surface area contributed by atoms with Crippen LogP contribution in [0.1, 0.15) is 19.7 Å². The molecule has 0 atom stereocenters. The van der Waals surface area contributed by atoms with Crippen LogP contribution in [0.15, 0.2) is 0 Å². The first-order valence-corrected chi connectivity index (χ1v) is 5.27. The van der Waals surface area contributed by atoms with E-state index in [4.69, 9.17) is 5.73 Å². The van der Waals surface area contributed by atoms with Crippen molar-refractivity contribution < 1.29 is 0 Å². The number of rotatable bonds is 5. The molecule has 0 aliphatic carbocycles. The highest BCUT2D eigenvalue weighted by atomic mass is 15.2. The van der Waals surface area contributed by atoms with Crippen molar-refractivity contribution in [3.8, 4) is 0 Å². The molecule has 0 spiro atoms. The number of nitrogen functional groups attached to an aromatic ring is 1. The summed E-state index contributed by atoms with van der Waals surface area (Å²) < 4.78 is 0. The van der Waals surface area contributed by atoms with E-state index in [0.29, 0.717) is 11.9 Å². The van der Waals surface area contributed by atoms with Gasteiger partial charge in [0.15, 0.2) is 5.82 Å². The fraction of sp³-hybridized carbons (Fsp3) is 0.700. The number of hydrogen-bond donors (Lipinski definition) is 3. The number of hydrogen-bond acceptors (Lipinski definition) is 4. The predicted octanol–water partition coefficient (Wildman–Crippen LogP) is 1.05. The van der Waals surface area contributed by atoms with Crippen LogP contribution < -0.4 is 11.1 Å². The zero-order valence-corrected chi connectivity index (χ0v) is 9.96. The molecule has 1 rings (SSSR count). The Hall–Kier alpha value is -1.23. The van der Waals surface area contributed by atoms with Crippen LogP contribution in [-0.4, -0.2) is 41.0 Å². The van der Waals surface area contributed by atoms with Crippen LogP contribution in [0.5, 0.6) is 0 Å². The van der Waals surface area contributed by atoms with E-state index in [-0.39, 0.29) is 0 Å². The van der Waals surface area contributed by atoms with Gasteiger partial charge in [-0.15, -0.1) is 0 Å². The molecule has 86 valence electrons. The van der Waals surface area contributed by atoms with Crippen molar-refractivity contribution >= 4 is 11.6 Å². The van der Waals surface area contributed by atoms with Gasteiger partial charge < -0.3 is 20.9 Å². The third kappa shape index (κ3) is 3.43. The van der Waals surface area contributed by atoms with Crippen LogP contribution in [0.3, 0.4) is 0 Å². The van der Waals surface area contributed by atoms with Crippen LogP contribution in [-0.2, 0) is 0 Å². The topological polar surface area (TPSA) is 70.0 Å². The number of aromatic nitrogens is 2. The Balaban J connectivity index is 2.35. The van der Waals surface area contributed by atoms with Gasteiger partial charge in [-0.25, -0.2) is 4.98 Å². The Morgan fingerprint density at radius 3 is 2.67 bits per heavy atom. The maximum atomic E-state index is 5.72. The Morgan fingerprint density at radius 1 is 1.53 bits per heavy atom. The number of H-pyrrole nitrogens is 1. The first-order chi connectivity index (χ1) is 7.00. The molecule has 5 nitrogen and oxygen atoms in total. The van der Waals surface area contributed by atoms with Crippen LogP contribution in [0, 0.1) is 6.92 Å². The minimum Gasteiger partial charge on any atom is -0.382 e. The highest BCUT2D eigenvalue weighted by Gasteiger charge is 2.05. The Morgan fingerprint density at radius 2 is 2.20 bits per heavy atom. The second-order valence-corrected chi connectivity index (χ2v) is 4.09. The summed E-state index contributed by atoms with van der Waals surface area (Å²) in [5, 5.41) is 3.21. The third-order valence-electron chi connectivity index (χ3n) is 2.49. The smallest absolute Gasteiger partial charge is 0.168 e. The number of nitrogens with one attached hydrogen (secondary N) is 2.